The van der Waals surface area contributed by atoms with Gasteiger partial charge in [-0.15, -0.1) is 0 Å². The fourth-order valence-corrected chi connectivity index (χ4v) is 1.17. The van der Waals surface area contributed by atoms with Crippen LogP contribution in [0.1, 0.15) is 6.42 Å². The molecule has 0 saturated heterocycles. The number of halogens is 5. The molecule has 0 bridgehead atoms. The number of hydrogen-bond donors (Lipinski definition) is 0. The molecule has 0 saturated carbocycles. The van der Waals surface area contributed by atoms with Crippen molar-refractivity contribution < 1.29 is 41.0 Å². The van der Waals surface area contributed by atoms with Crippen LogP contribution in [0.2, 0.25) is 0 Å². The van der Waals surface area contributed by atoms with E-state index in [0.717, 1.165) is 24.3 Å². The van der Waals surface area contributed by atoms with Crippen molar-refractivity contribution in [3.8, 4) is 0 Å². The first-order valence-corrected chi connectivity index (χ1v) is 5.93. The van der Waals surface area contributed by atoms with Crippen LogP contribution in [0.25, 0.3) is 0 Å². The topological polar surface area (TPSA) is 52.6 Å². The van der Waals surface area contributed by atoms with Gasteiger partial charge >= 0.3 is 12.1 Å². The second-order valence-corrected chi connectivity index (χ2v) is 3.79. The molecule has 22 heavy (non-hydrogen) atoms. The van der Waals surface area contributed by atoms with Crippen molar-refractivity contribution in [1.29, 1.82) is 0 Å². The van der Waals surface area contributed by atoms with E-state index in [1.807, 2.05) is 0 Å². The van der Waals surface area contributed by atoms with Crippen LogP contribution in [0.3, 0.4) is 0 Å². The summed E-state index contributed by atoms with van der Waals surface area (Å²) in [5.41, 5.74) is 0. The molecule has 0 aromatic carbocycles. The van der Waals surface area contributed by atoms with Gasteiger partial charge in [0.2, 0.25) is 0 Å². The molecule has 0 heterocycles. The van der Waals surface area contributed by atoms with Gasteiger partial charge in [-0.05, 0) is 6.08 Å². The fraction of sp³-hybridized carbons (Fsp3) is 0.462. The molecular weight excluding hydrogens is 315 g/mol. The second-order valence-electron chi connectivity index (χ2n) is 3.79. The molecule has 0 aromatic heterocycles. The third-order valence-electron chi connectivity index (χ3n) is 2.18. The average Bonchev–Trinajstić information content (AvgIpc) is 2.43. The predicted octanol–water partition coefficient (Wildman–Crippen LogP) is 2.63. The molecule has 9 heteroatoms. The van der Waals surface area contributed by atoms with Gasteiger partial charge in [-0.1, -0.05) is 18.2 Å². The third-order valence-corrected chi connectivity index (χ3v) is 2.18. The van der Waals surface area contributed by atoms with Gasteiger partial charge in [0.1, 0.15) is 12.0 Å². The van der Waals surface area contributed by atoms with Crippen molar-refractivity contribution in [2.45, 2.75) is 24.6 Å². The summed E-state index contributed by atoms with van der Waals surface area (Å²) >= 11 is 0. The average molecular weight is 328 g/mol. The van der Waals surface area contributed by atoms with Crippen molar-refractivity contribution in [2.24, 2.45) is 0 Å². The standard InChI is InChI=1S/C13H13F5O4/c14-12(15,13(16,17)18)11(6-3-1-2-4-7-19)22-9-5-8-21-10-20/h1-4,6,10-11H,5,8-9H2/b2-1+,6-3+. The molecule has 1 unspecified atom stereocenters. The molecule has 0 amide bonds. The van der Waals surface area contributed by atoms with E-state index in [4.69, 9.17) is 0 Å². The van der Waals surface area contributed by atoms with Crippen LogP contribution in [-0.2, 0) is 19.1 Å². The Labute approximate surface area is 122 Å². The van der Waals surface area contributed by atoms with Crippen LogP contribution in [0, 0.1) is 0 Å². The zero-order chi connectivity index (χ0) is 17.1. The monoisotopic (exact) mass is 328 g/mol. The number of rotatable bonds is 10. The highest BCUT2D eigenvalue weighted by molar-refractivity contribution is 5.48. The van der Waals surface area contributed by atoms with Crippen LogP contribution in [-0.4, -0.2) is 43.8 Å². The number of hydrogen-bond acceptors (Lipinski definition) is 4. The Bertz CT molecular complexity index is 436. The van der Waals surface area contributed by atoms with Crippen LogP contribution in [0.4, 0.5) is 22.0 Å². The summed E-state index contributed by atoms with van der Waals surface area (Å²) in [5, 5.41) is 0. The summed E-state index contributed by atoms with van der Waals surface area (Å²) in [7, 11) is 0. The highest BCUT2D eigenvalue weighted by Crippen LogP contribution is 2.39. The van der Waals surface area contributed by atoms with Gasteiger partial charge in [0.25, 0.3) is 6.47 Å². The molecule has 0 rings (SSSR count). The SMILES string of the molecule is O=C=C/C=C/C=C/C(OCCCOC=O)C(F)(F)C(F)(F)F. The molecule has 4 nitrogen and oxygen atoms in total. The predicted molar refractivity (Wildman–Crippen MR) is 65.9 cm³/mol. The van der Waals surface area contributed by atoms with E-state index >= 15 is 0 Å². The molecule has 1 atom stereocenters. The maximum atomic E-state index is 13.3. The number of ether oxygens (including phenoxy) is 2. The maximum absolute atomic E-state index is 13.3. The summed E-state index contributed by atoms with van der Waals surface area (Å²) < 4.78 is 72.3. The molecule has 0 radical (unpaired) electrons. The minimum atomic E-state index is -5.78. The molecule has 0 fully saturated rings. The second kappa shape index (κ2) is 9.86. The Hall–Kier alpha value is -1.99. The van der Waals surface area contributed by atoms with Crippen LogP contribution < -0.4 is 0 Å². The highest BCUT2D eigenvalue weighted by atomic mass is 19.4. The van der Waals surface area contributed by atoms with Gasteiger partial charge in [-0.25, -0.2) is 4.79 Å². The minimum Gasteiger partial charge on any atom is -0.468 e. The first-order valence-electron chi connectivity index (χ1n) is 5.93. The summed E-state index contributed by atoms with van der Waals surface area (Å²) in [6, 6.07) is 0. The lowest BCUT2D eigenvalue weighted by Crippen LogP contribution is -2.47. The van der Waals surface area contributed by atoms with Crippen molar-refractivity contribution >= 4 is 12.4 Å². The van der Waals surface area contributed by atoms with E-state index < -0.39 is 24.8 Å². The molecular formula is C13H13F5O4. The Kier molecular flexibility index (Phi) is 8.97. The van der Waals surface area contributed by atoms with E-state index in [9.17, 15) is 31.5 Å². The minimum absolute atomic E-state index is 0.0409. The van der Waals surface area contributed by atoms with Crippen LogP contribution >= 0.6 is 0 Å². The Morgan fingerprint density at radius 2 is 1.73 bits per heavy atom. The smallest absolute Gasteiger partial charge is 0.456 e. The number of allylic oxidation sites excluding steroid dienone is 4. The van der Waals surface area contributed by atoms with Crippen molar-refractivity contribution in [3.63, 3.8) is 0 Å². The fourth-order valence-electron chi connectivity index (χ4n) is 1.17. The molecule has 0 aromatic rings. The van der Waals surface area contributed by atoms with Gasteiger partial charge in [-0.3, -0.25) is 4.79 Å². The molecule has 124 valence electrons. The Morgan fingerprint density at radius 3 is 2.27 bits per heavy atom. The molecule has 0 spiro atoms. The van der Waals surface area contributed by atoms with Crippen LogP contribution in [0.15, 0.2) is 30.4 Å². The number of carbonyl (C=O) groups excluding carboxylic acids is 2. The van der Waals surface area contributed by atoms with E-state index in [0.29, 0.717) is 6.08 Å². The quantitative estimate of drug-likeness (QED) is 0.203. The summed E-state index contributed by atoms with van der Waals surface area (Å²) in [6.45, 7) is -0.513. The van der Waals surface area contributed by atoms with Crippen molar-refractivity contribution in [2.75, 3.05) is 13.2 Å². The summed E-state index contributed by atoms with van der Waals surface area (Å²) in [4.78, 5) is 19.7. The van der Waals surface area contributed by atoms with Gasteiger partial charge in [0.15, 0.2) is 0 Å². The van der Waals surface area contributed by atoms with Crippen molar-refractivity contribution in [3.05, 3.63) is 30.4 Å². The highest BCUT2D eigenvalue weighted by Gasteiger charge is 2.62. The van der Waals surface area contributed by atoms with Gasteiger partial charge < -0.3 is 9.47 Å². The summed E-state index contributed by atoms with van der Waals surface area (Å²) in [5.74, 6) is -3.73. The first kappa shape index (κ1) is 20.0. The molecule has 0 aliphatic rings. The molecule has 0 aliphatic carbocycles. The van der Waals surface area contributed by atoms with Gasteiger partial charge in [0.05, 0.1) is 13.2 Å². The van der Waals surface area contributed by atoms with Gasteiger partial charge in [0, 0.05) is 12.5 Å². The zero-order valence-corrected chi connectivity index (χ0v) is 11.2. The lowest BCUT2D eigenvalue weighted by Gasteiger charge is -2.26. The lowest BCUT2D eigenvalue weighted by molar-refractivity contribution is -0.311. The normalized spacial score (nSPS) is 14.0. The van der Waals surface area contributed by atoms with Crippen molar-refractivity contribution in [1.82, 2.24) is 0 Å². The first-order chi connectivity index (χ1) is 10.3. The van der Waals surface area contributed by atoms with E-state index in [1.54, 1.807) is 0 Å². The largest absolute Gasteiger partial charge is 0.468 e. The zero-order valence-electron chi connectivity index (χ0n) is 11.2. The van der Waals surface area contributed by atoms with E-state index in [2.05, 4.69) is 9.47 Å². The van der Waals surface area contributed by atoms with E-state index in [1.165, 1.54) is 5.94 Å². The van der Waals surface area contributed by atoms with Gasteiger partial charge in [-0.2, -0.15) is 22.0 Å². The number of alkyl halides is 5. The molecule has 0 aliphatic heterocycles. The summed E-state index contributed by atoms with van der Waals surface area (Å²) in [6.07, 6.45) is -3.89. The Balaban J connectivity index is 4.83. The lowest BCUT2D eigenvalue weighted by atomic mass is 10.1. The maximum Gasteiger partial charge on any atom is 0.456 e. The van der Waals surface area contributed by atoms with E-state index in [-0.39, 0.29) is 19.5 Å². The third kappa shape index (κ3) is 7.14. The number of carbonyl (C=O) groups is 1. The molecule has 0 N–H and O–H groups in total. The van der Waals surface area contributed by atoms with Crippen LogP contribution in [0.5, 0.6) is 0 Å². The Morgan fingerprint density at radius 1 is 1.05 bits per heavy atom.